The van der Waals surface area contributed by atoms with E-state index in [1.54, 1.807) is 12.2 Å². The topological polar surface area (TPSA) is 66.4 Å². The Balaban J connectivity index is 2.60. The van der Waals surface area contributed by atoms with Crippen LogP contribution in [0.5, 0.6) is 0 Å². The molecule has 2 unspecified atom stereocenters. The molecule has 0 spiro atoms. The van der Waals surface area contributed by atoms with Crippen LogP contribution < -0.4 is 5.32 Å². The normalized spacial score (nSPS) is 13.9. The number of nitrogens with one attached hydrogen (secondary N) is 1. The Kier molecular flexibility index (Phi) is 6.66. The minimum absolute atomic E-state index is 0.229. The molecule has 0 heterocycles. The number of allylic oxidation sites excluding steroid dienone is 1. The van der Waals surface area contributed by atoms with Gasteiger partial charge in [-0.1, -0.05) is 48.9 Å². The highest BCUT2D eigenvalue weighted by atomic mass is 16.4. The fourth-order valence-electron chi connectivity index (χ4n) is 1.98. The Morgan fingerprint density at radius 2 is 1.90 bits per heavy atom. The number of aliphatic carboxylic acids is 1. The predicted molar refractivity (Wildman–Crippen MR) is 83.0 cm³/mol. The molecular weight excluding hydrogens is 266 g/mol. The number of carbonyl (C=O) groups is 2. The van der Waals surface area contributed by atoms with E-state index in [0.717, 1.165) is 5.56 Å². The molecule has 2 N–H and O–H groups in total. The van der Waals surface area contributed by atoms with Crippen LogP contribution in [-0.2, 0) is 16.0 Å². The van der Waals surface area contributed by atoms with Crippen molar-refractivity contribution in [1.29, 1.82) is 0 Å². The van der Waals surface area contributed by atoms with Gasteiger partial charge in [0.05, 0.1) is 0 Å². The predicted octanol–water partition coefficient (Wildman–Crippen LogP) is 2.71. The second-order valence-electron chi connectivity index (χ2n) is 5.29. The number of aryl methyl sites for hydroxylation is 1. The number of carboxylic acid groups (broad SMARTS) is 1. The lowest BCUT2D eigenvalue weighted by atomic mass is 9.99. The van der Waals surface area contributed by atoms with E-state index in [1.807, 2.05) is 45.0 Å². The Morgan fingerprint density at radius 1 is 1.29 bits per heavy atom. The van der Waals surface area contributed by atoms with E-state index in [0.29, 0.717) is 12.8 Å². The standard InChI is InChI=1S/C17H23NO3/c1-4-5-6-15(17(20)21)18-16(19)13(3)11-14-9-7-12(2)8-10-14/h4-5,7-10,13,15H,6,11H2,1-3H3,(H,18,19)(H,20,21)/b5-4+. The van der Waals surface area contributed by atoms with Gasteiger partial charge in [-0.25, -0.2) is 4.79 Å². The summed E-state index contributed by atoms with van der Waals surface area (Å²) in [5.41, 5.74) is 2.25. The quantitative estimate of drug-likeness (QED) is 0.758. The fourth-order valence-corrected chi connectivity index (χ4v) is 1.98. The van der Waals surface area contributed by atoms with Gasteiger partial charge in [0.25, 0.3) is 0 Å². The first-order valence-electron chi connectivity index (χ1n) is 7.14. The number of benzene rings is 1. The van der Waals surface area contributed by atoms with Crippen LogP contribution in [0.25, 0.3) is 0 Å². The first-order valence-corrected chi connectivity index (χ1v) is 7.14. The zero-order valence-electron chi connectivity index (χ0n) is 12.8. The molecule has 0 radical (unpaired) electrons. The lowest BCUT2D eigenvalue weighted by Gasteiger charge is -2.17. The smallest absolute Gasteiger partial charge is 0.326 e. The lowest BCUT2D eigenvalue weighted by Crippen LogP contribution is -2.43. The van der Waals surface area contributed by atoms with Crippen molar-refractivity contribution in [2.75, 3.05) is 0 Å². The number of hydrogen-bond acceptors (Lipinski definition) is 2. The van der Waals surface area contributed by atoms with Crippen molar-refractivity contribution in [1.82, 2.24) is 5.32 Å². The molecule has 0 aromatic heterocycles. The second kappa shape index (κ2) is 8.25. The molecule has 1 rings (SSSR count). The molecular formula is C17H23NO3. The Hall–Kier alpha value is -2.10. The van der Waals surface area contributed by atoms with Crippen LogP contribution in [0.15, 0.2) is 36.4 Å². The molecule has 1 amide bonds. The highest BCUT2D eigenvalue weighted by Gasteiger charge is 2.21. The van der Waals surface area contributed by atoms with Gasteiger partial charge in [0.2, 0.25) is 5.91 Å². The van der Waals surface area contributed by atoms with Gasteiger partial charge in [-0.05, 0) is 32.3 Å². The maximum Gasteiger partial charge on any atom is 0.326 e. The minimum atomic E-state index is -1.01. The number of carbonyl (C=O) groups excluding carboxylic acids is 1. The van der Waals surface area contributed by atoms with Gasteiger partial charge in [-0.15, -0.1) is 0 Å². The summed E-state index contributed by atoms with van der Waals surface area (Å²) >= 11 is 0. The van der Waals surface area contributed by atoms with Gasteiger partial charge >= 0.3 is 5.97 Å². The summed E-state index contributed by atoms with van der Waals surface area (Å²) in [6, 6.07) is 7.13. The Bertz CT molecular complexity index is 505. The van der Waals surface area contributed by atoms with Gasteiger partial charge in [-0.2, -0.15) is 0 Å². The van der Waals surface area contributed by atoms with E-state index in [4.69, 9.17) is 5.11 Å². The molecule has 0 saturated heterocycles. The molecule has 0 aliphatic heterocycles. The van der Waals surface area contributed by atoms with Crippen molar-refractivity contribution in [3.63, 3.8) is 0 Å². The maximum atomic E-state index is 12.1. The number of rotatable bonds is 7. The SMILES string of the molecule is C/C=C/CC(NC(=O)C(C)Cc1ccc(C)cc1)C(=O)O. The molecule has 4 heteroatoms. The van der Waals surface area contributed by atoms with E-state index in [9.17, 15) is 9.59 Å². The van der Waals surface area contributed by atoms with Crippen LogP contribution in [0.1, 0.15) is 31.4 Å². The number of carboxylic acids is 1. The minimum Gasteiger partial charge on any atom is -0.480 e. The van der Waals surface area contributed by atoms with Crippen molar-refractivity contribution in [2.45, 2.75) is 39.7 Å². The molecule has 2 atom stereocenters. The zero-order chi connectivity index (χ0) is 15.8. The van der Waals surface area contributed by atoms with Gasteiger partial charge in [0.1, 0.15) is 6.04 Å². The van der Waals surface area contributed by atoms with Crippen LogP contribution in [-0.4, -0.2) is 23.0 Å². The van der Waals surface area contributed by atoms with Crippen molar-refractivity contribution in [2.24, 2.45) is 5.92 Å². The third-order valence-corrected chi connectivity index (χ3v) is 3.33. The van der Waals surface area contributed by atoms with Crippen molar-refractivity contribution >= 4 is 11.9 Å². The lowest BCUT2D eigenvalue weighted by molar-refractivity contribution is -0.142. The molecule has 114 valence electrons. The second-order valence-corrected chi connectivity index (χ2v) is 5.29. The molecule has 0 fully saturated rings. The average Bonchev–Trinajstić information content (AvgIpc) is 2.45. The van der Waals surface area contributed by atoms with Crippen LogP contribution in [0.4, 0.5) is 0 Å². The number of hydrogen-bond donors (Lipinski definition) is 2. The number of amides is 1. The van der Waals surface area contributed by atoms with Crippen LogP contribution in [0.2, 0.25) is 0 Å². The third kappa shape index (κ3) is 5.81. The van der Waals surface area contributed by atoms with E-state index < -0.39 is 12.0 Å². The summed E-state index contributed by atoms with van der Waals surface area (Å²) in [7, 11) is 0. The summed E-state index contributed by atoms with van der Waals surface area (Å²) < 4.78 is 0. The van der Waals surface area contributed by atoms with E-state index in [-0.39, 0.29) is 11.8 Å². The highest BCUT2D eigenvalue weighted by Crippen LogP contribution is 2.10. The molecule has 1 aromatic carbocycles. The average molecular weight is 289 g/mol. The third-order valence-electron chi connectivity index (χ3n) is 3.33. The molecule has 0 aliphatic rings. The first kappa shape index (κ1) is 17.0. The summed E-state index contributed by atoms with van der Waals surface area (Å²) in [6.07, 6.45) is 4.42. The van der Waals surface area contributed by atoms with Crippen molar-refractivity contribution in [3.8, 4) is 0 Å². The fraction of sp³-hybridized carbons (Fsp3) is 0.412. The largest absolute Gasteiger partial charge is 0.480 e. The molecule has 0 saturated carbocycles. The summed E-state index contributed by atoms with van der Waals surface area (Å²) in [4.78, 5) is 23.2. The Morgan fingerprint density at radius 3 is 2.43 bits per heavy atom. The van der Waals surface area contributed by atoms with Crippen molar-refractivity contribution in [3.05, 3.63) is 47.5 Å². The van der Waals surface area contributed by atoms with E-state index in [1.165, 1.54) is 5.56 Å². The Labute approximate surface area is 125 Å². The van der Waals surface area contributed by atoms with Gasteiger partial charge in [-0.3, -0.25) is 4.79 Å². The highest BCUT2D eigenvalue weighted by molar-refractivity contribution is 5.85. The van der Waals surface area contributed by atoms with Gasteiger partial charge in [0.15, 0.2) is 0 Å². The molecule has 1 aromatic rings. The van der Waals surface area contributed by atoms with Gasteiger partial charge in [0, 0.05) is 5.92 Å². The van der Waals surface area contributed by atoms with Crippen LogP contribution in [0.3, 0.4) is 0 Å². The molecule has 21 heavy (non-hydrogen) atoms. The van der Waals surface area contributed by atoms with E-state index in [2.05, 4.69) is 5.32 Å². The first-order chi connectivity index (χ1) is 9.93. The molecule has 4 nitrogen and oxygen atoms in total. The monoisotopic (exact) mass is 289 g/mol. The summed E-state index contributed by atoms with van der Waals surface area (Å²) in [5, 5.41) is 11.7. The zero-order valence-corrected chi connectivity index (χ0v) is 12.8. The van der Waals surface area contributed by atoms with Crippen LogP contribution >= 0.6 is 0 Å². The van der Waals surface area contributed by atoms with Gasteiger partial charge < -0.3 is 10.4 Å². The van der Waals surface area contributed by atoms with E-state index >= 15 is 0 Å². The van der Waals surface area contributed by atoms with Crippen LogP contribution in [0, 0.1) is 12.8 Å². The van der Waals surface area contributed by atoms with Crippen molar-refractivity contribution < 1.29 is 14.7 Å². The molecule has 0 bridgehead atoms. The summed E-state index contributed by atoms with van der Waals surface area (Å²) in [6.45, 7) is 5.64. The maximum absolute atomic E-state index is 12.1. The summed E-state index contributed by atoms with van der Waals surface area (Å²) in [5.74, 6) is -1.50. The molecule has 0 aliphatic carbocycles.